The van der Waals surface area contributed by atoms with Gasteiger partial charge in [0.25, 0.3) is 5.89 Å². The van der Waals surface area contributed by atoms with E-state index in [2.05, 4.69) is 15.5 Å². The normalized spacial score (nSPS) is 15.3. The highest BCUT2D eigenvalue weighted by molar-refractivity contribution is 5.78. The third kappa shape index (κ3) is 3.88. The predicted octanol–water partition coefficient (Wildman–Crippen LogP) is 2.94. The van der Waals surface area contributed by atoms with Gasteiger partial charge in [-0.2, -0.15) is 4.98 Å². The van der Waals surface area contributed by atoms with E-state index < -0.39 is 0 Å². The molecule has 1 amide bonds. The molecular weight excluding hydrogens is 294 g/mol. The highest BCUT2D eigenvalue weighted by atomic mass is 16.5. The van der Waals surface area contributed by atoms with Crippen LogP contribution in [0.5, 0.6) is 5.75 Å². The molecule has 0 spiro atoms. The lowest BCUT2D eigenvalue weighted by Gasteiger charge is -2.20. The van der Waals surface area contributed by atoms with Gasteiger partial charge in [0, 0.05) is 11.5 Å². The molecule has 0 atom stereocenters. The highest BCUT2D eigenvalue weighted by Gasteiger charge is 2.21. The summed E-state index contributed by atoms with van der Waals surface area (Å²) < 4.78 is 10.4. The molecule has 1 heterocycles. The third-order valence-corrected chi connectivity index (χ3v) is 4.20. The Morgan fingerprint density at radius 2 is 2.00 bits per heavy atom. The predicted molar refractivity (Wildman–Crippen MR) is 84.7 cm³/mol. The minimum absolute atomic E-state index is 0.0977. The Morgan fingerprint density at radius 3 is 2.70 bits per heavy atom. The van der Waals surface area contributed by atoms with E-state index in [1.807, 2.05) is 24.3 Å². The van der Waals surface area contributed by atoms with Crippen molar-refractivity contribution in [1.82, 2.24) is 15.5 Å². The number of nitrogens with zero attached hydrogens (tertiary/aromatic N) is 2. The zero-order chi connectivity index (χ0) is 16.1. The van der Waals surface area contributed by atoms with E-state index in [1.54, 1.807) is 7.11 Å². The molecule has 2 aromatic rings. The molecule has 0 bridgehead atoms. The first-order valence-electron chi connectivity index (χ1n) is 8.01. The van der Waals surface area contributed by atoms with Crippen molar-refractivity contribution in [2.24, 2.45) is 5.92 Å². The zero-order valence-corrected chi connectivity index (χ0v) is 13.2. The summed E-state index contributed by atoms with van der Waals surface area (Å²) in [7, 11) is 1.62. The second-order valence-electron chi connectivity index (χ2n) is 5.80. The van der Waals surface area contributed by atoms with Crippen molar-refractivity contribution in [3.05, 3.63) is 30.1 Å². The Kier molecular flexibility index (Phi) is 4.90. The average molecular weight is 315 g/mol. The highest BCUT2D eigenvalue weighted by Crippen LogP contribution is 2.24. The summed E-state index contributed by atoms with van der Waals surface area (Å²) in [4.78, 5) is 16.4. The first-order valence-corrected chi connectivity index (χ1v) is 8.01. The molecule has 0 unspecified atom stereocenters. The van der Waals surface area contributed by atoms with Crippen LogP contribution in [0, 0.1) is 5.92 Å². The van der Waals surface area contributed by atoms with Crippen LogP contribution >= 0.6 is 0 Å². The first-order chi connectivity index (χ1) is 11.3. The summed E-state index contributed by atoms with van der Waals surface area (Å²) in [6, 6.07) is 7.39. The topological polar surface area (TPSA) is 77.2 Å². The molecule has 6 heteroatoms. The molecule has 0 radical (unpaired) electrons. The van der Waals surface area contributed by atoms with Crippen molar-refractivity contribution in [1.29, 1.82) is 0 Å². The number of benzene rings is 1. The maximum absolute atomic E-state index is 12.1. The maximum atomic E-state index is 12.1. The molecule has 3 rings (SSSR count). The molecular formula is C17H21N3O3. The quantitative estimate of drug-likeness (QED) is 0.918. The Hall–Kier alpha value is -2.37. The van der Waals surface area contributed by atoms with Gasteiger partial charge in [0.15, 0.2) is 5.82 Å². The van der Waals surface area contributed by atoms with Crippen LogP contribution in [0.4, 0.5) is 0 Å². The third-order valence-electron chi connectivity index (χ3n) is 4.20. The van der Waals surface area contributed by atoms with Gasteiger partial charge in [-0.15, -0.1) is 0 Å². The van der Waals surface area contributed by atoms with E-state index in [9.17, 15) is 4.79 Å². The number of amides is 1. The summed E-state index contributed by atoms with van der Waals surface area (Å²) in [5, 5.41) is 6.83. The summed E-state index contributed by atoms with van der Waals surface area (Å²) in [5.74, 6) is 1.93. The summed E-state index contributed by atoms with van der Waals surface area (Å²) >= 11 is 0. The fourth-order valence-corrected chi connectivity index (χ4v) is 2.85. The number of nitrogens with one attached hydrogen (secondary N) is 1. The van der Waals surface area contributed by atoms with Gasteiger partial charge < -0.3 is 14.6 Å². The second kappa shape index (κ2) is 7.26. The fraction of sp³-hybridized carbons (Fsp3) is 0.471. The van der Waals surface area contributed by atoms with Gasteiger partial charge in [0.1, 0.15) is 5.75 Å². The molecule has 1 aliphatic carbocycles. The summed E-state index contributed by atoms with van der Waals surface area (Å²) in [5.41, 5.74) is 0.822. The number of hydrogen-bond acceptors (Lipinski definition) is 5. The zero-order valence-electron chi connectivity index (χ0n) is 13.2. The molecule has 23 heavy (non-hydrogen) atoms. The van der Waals surface area contributed by atoms with Gasteiger partial charge >= 0.3 is 0 Å². The Labute approximate surface area is 135 Å². The van der Waals surface area contributed by atoms with Crippen LogP contribution < -0.4 is 10.1 Å². The van der Waals surface area contributed by atoms with E-state index in [-0.39, 0.29) is 11.8 Å². The molecule has 0 saturated heterocycles. The smallest absolute Gasteiger partial charge is 0.257 e. The molecule has 1 N–H and O–H groups in total. The second-order valence-corrected chi connectivity index (χ2v) is 5.80. The lowest BCUT2D eigenvalue weighted by molar-refractivity contribution is -0.126. The van der Waals surface area contributed by atoms with Crippen LogP contribution in [-0.4, -0.2) is 23.2 Å². The minimum atomic E-state index is 0.0977. The van der Waals surface area contributed by atoms with Gasteiger partial charge in [-0.25, -0.2) is 0 Å². The van der Waals surface area contributed by atoms with Gasteiger partial charge in [0.05, 0.1) is 13.7 Å². The van der Waals surface area contributed by atoms with E-state index in [0.717, 1.165) is 37.0 Å². The number of aromatic nitrogens is 2. The van der Waals surface area contributed by atoms with Crippen LogP contribution in [0.1, 0.15) is 37.9 Å². The molecule has 1 aliphatic rings. The number of rotatable bonds is 5. The van der Waals surface area contributed by atoms with E-state index in [4.69, 9.17) is 9.26 Å². The first kappa shape index (κ1) is 15.5. The lowest BCUT2D eigenvalue weighted by Crippen LogP contribution is -2.31. The van der Waals surface area contributed by atoms with Crippen LogP contribution in [0.15, 0.2) is 28.8 Å². The van der Waals surface area contributed by atoms with Gasteiger partial charge in [-0.1, -0.05) is 24.4 Å². The fourth-order valence-electron chi connectivity index (χ4n) is 2.85. The molecule has 122 valence electrons. The summed E-state index contributed by atoms with van der Waals surface area (Å²) in [6.07, 6.45) is 5.48. The number of ether oxygens (including phenoxy) is 1. The Balaban J connectivity index is 1.57. The Bertz CT molecular complexity index is 645. The van der Waals surface area contributed by atoms with Crippen LogP contribution in [-0.2, 0) is 11.3 Å². The van der Waals surface area contributed by atoms with E-state index in [0.29, 0.717) is 18.3 Å². The molecule has 1 aromatic carbocycles. The summed E-state index contributed by atoms with van der Waals surface area (Å²) in [6.45, 7) is 0.301. The van der Waals surface area contributed by atoms with E-state index in [1.165, 1.54) is 6.42 Å². The largest absolute Gasteiger partial charge is 0.497 e. The molecule has 6 nitrogen and oxygen atoms in total. The number of carbonyl (C=O) groups is 1. The monoisotopic (exact) mass is 315 g/mol. The van der Waals surface area contributed by atoms with Gasteiger partial charge in [-0.05, 0) is 37.1 Å². The van der Waals surface area contributed by atoms with Crippen LogP contribution in [0.25, 0.3) is 11.5 Å². The van der Waals surface area contributed by atoms with Gasteiger partial charge in [0.2, 0.25) is 5.91 Å². The van der Waals surface area contributed by atoms with Crippen LogP contribution in [0.3, 0.4) is 0 Å². The van der Waals surface area contributed by atoms with Crippen LogP contribution in [0.2, 0.25) is 0 Å². The molecule has 1 aromatic heterocycles. The molecule has 1 saturated carbocycles. The number of methoxy groups -OCH3 is 1. The SMILES string of the molecule is COc1ccc(-c2nc(CNC(=O)C3CCCCC3)no2)cc1. The minimum Gasteiger partial charge on any atom is -0.497 e. The van der Waals surface area contributed by atoms with Crippen molar-refractivity contribution < 1.29 is 14.1 Å². The maximum Gasteiger partial charge on any atom is 0.257 e. The lowest BCUT2D eigenvalue weighted by atomic mass is 9.89. The van der Waals surface area contributed by atoms with Crippen molar-refractivity contribution >= 4 is 5.91 Å². The average Bonchev–Trinajstić information content (AvgIpc) is 3.09. The van der Waals surface area contributed by atoms with Crippen molar-refractivity contribution in [3.63, 3.8) is 0 Å². The van der Waals surface area contributed by atoms with E-state index >= 15 is 0 Å². The van der Waals surface area contributed by atoms with Crippen molar-refractivity contribution in [3.8, 4) is 17.2 Å². The standard InChI is InChI=1S/C17H21N3O3/c1-22-14-9-7-13(8-10-14)17-19-15(20-23-17)11-18-16(21)12-5-3-2-4-6-12/h7-10,12H,2-6,11H2,1H3,(H,18,21). The van der Waals surface area contributed by atoms with Gasteiger partial charge in [-0.3, -0.25) is 4.79 Å². The Morgan fingerprint density at radius 1 is 1.26 bits per heavy atom. The number of carbonyl (C=O) groups excluding carboxylic acids is 1. The molecule has 1 fully saturated rings. The number of hydrogen-bond donors (Lipinski definition) is 1. The van der Waals surface area contributed by atoms with Crippen molar-refractivity contribution in [2.45, 2.75) is 38.6 Å². The van der Waals surface area contributed by atoms with Crippen molar-refractivity contribution in [2.75, 3.05) is 7.11 Å². The molecule has 0 aliphatic heterocycles.